The quantitative estimate of drug-likeness (QED) is 0.528. The van der Waals surface area contributed by atoms with Crippen molar-refractivity contribution in [3.63, 3.8) is 0 Å². The number of carbonyl (C=O) groups is 1. The second kappa shape index (κ2) is 9.51. The van der Waals surface area contributed by atoms with E-state index in [1.165, 1.54) is 31.5 Å². The third-order valence-corrected chi connectivity index (χ3v) is 5.67. The molecule has 1 aromatic heterocycles. The molecule has 2 aromatic carbocycles. The van der Waals surface area contributed by atoms with E-state index in [4.69, 9.17) is 10.5 Å². The lowest BCUT2D eigenvalue weighted by molar-refractivity contribution is 0.102. The number of benzene rings is 2. The predicted octanol–water partition coefficient (Wildman–Crippen LogP) is 2.75. The molecule has 1 fully saturated rings. The molecule has 1 saturated heterocycles. The van der Waals surface area contributed by atoms with Crippen molar-refractivity contribution in [2.75, 3.05) is 30.5 Å². The molecule has 0 saturated carbocycles. The summed E-state index contributed by atoms with van der Waals surface area (Å²) in [6.07, 6.45) is 2.07. The van der Waals surface area contributed by atoms with E-state index in [9.17, 15) is 14.3 Å². The van der Waals surface area contributed by atoms with Crippen molar-refractivity contribution in [3.05, 3.63) is 65.7 Å². The highest BCUT2D eigenvalue weighted by Gasteiger charge is 2.31. The summed E-state index contributed by atoms with van der Waals surface area (Å²) in [6.45, 7) is 2.46. The number of rotatable bonds is 6. The van der Waals surface area contributed by atoms with Crippen molar-refractivity contribution >= 4 is 17.3 Å². The lowest BCUT2D eigenvalue weighted by Gasteiger charge is -2.27. The van der Waals surface area contributed by atoms with Crippen LogP contribution in [0.4, 0.5) is 15.8 Å². The number of halogens is 1. The van der Waals surface area contributed by atoms with Gasteiger partial charge in [0.1, 0.15) is 17.3 Å². The lowest BCUT2D eigenvalue weighted by atomic mass is 10.1. The summed E-state index contributed by atoms with van der Waals surface area (Å²) in [7, 11) is 1.43. The van der Waals surface area contributed by atoms with Gasteiger partial charge in [-0.15, -0.1) is 0 Å². The van der Waals surface area contributed by atoms with Gasteiger partial charge in [0.15, 0.2) is 5.82 Å². The monoisotopic (exact) mass is 451 g/mol. The summed E-state index contributed by atoms with van der Waals surface area (Å²) >= 11 is 0. The average Bonchev–Trinajstić information content (AvgIpc) is 3.19. The Bertz CT molecular complexity index is 1170. The molecule has 9 heteroatoms. The van der Waals surface area contributed by atoms with Gasteiger partial charge in [-0.05, 0) is 49.2 Å². The normalized spacial score (nSPS) is 17.8. The Morgan fingerprint density at radius 2 is 2.15 bits per heavy atom. The molecule has 4 N–H and O–H groups in total. The standard InChI is InChI=1S/C24H26FN5O3/c1-14-6-7-20(30-12-15(26)11-16(30)13-31)19(10-14)29-24(32)18-8-9-27-23(28-18)22-17(25)4-3-5-21(22)33-2/h3-10,15-16,31H,11-13,26H2,1-2H3,(H,29,32). The molecule has 0 bridgehead atoms. The SMILES string of the molecule is COc1cccc(F)c1-c1nccc(C(=O)Nc2cc(C)ccc2N2CC(N)CC2CO)n1. The van der Waals surface area contributed by atoms with Gasteiger partial charge < -0.3 is 25.8 Å². The number of amides is 1. The minimum absolute atomic E-state index is 0.0330. The number of hydrogen-bond acceptors (Lipinski definition) is 7. The van der Waals surface area contributed by atoms with Crippen LogP contribution in [0.2, 0.25) is 0 Å². The van der Waals surface area contributed by atoms with Crippen LogP contribution in [0.5, 0.6) is 5.75 Å². The van der Waals surface area contributed by atoms with Crippen LogP contribution in [0.1, 0.15) is 22.5 Å². The van der Waals surface area contributed by atoms with Crippen LogP contribution in [0.25, 0.3) is 11.4 Å². The smallest absolute Gasteiger partial charge is 0.274 e. The van der Waals surface area contributed by atoms with Crippen molar-refractivity contribution in [2.24, 2.45) is 5.73 Å². The topological polar surface area (TPSA) is 114 Å². The molecule has 2 unspecified atom stereocenters. The van der Waals surface area contributed by atoms with E-state index >= 15 is 0 Å². The van der Waals surface area contributed by atoms with E-state index in [2.05, 4.69) is 15.3 Å². The fraction of sp³-hybridized carbons (Fsp3) is 0.292. The summed E-state index contributed by atoms with van der Waals surface area (Å²) in [5.41, 5.74) is 8.58. The summed E-state index contributed by atoms with van der Waals surface area (Å²) in [4.78, 5) is 23.5. The van der Waals surface area contributed by atoms with E-state index in [0.717, 1.165) is 11.3 Å². The maximum absolute atomic E-state index is 14.5. The number of aryl methyl sites for hydroxylation is 1. The minimum Gasteiger partial charge on any atom is -0.496 e. The highest BCUT2D eigenvalue weighted by molar-refractivity contribution is 6.05. The van der Waals surface area contributed by atoms with Gasteiger partial charge in [-0.25, -0.2) is 14.4 Å². The van der Waals surface area contributed by atoms with E-state index < -0.39 is 11.7 Å². The molecule has 4 rings (SSSR count). The first-order valence-electron chi connectivity index (χ1n) is 10.6. The van der Waals surface area contributed by atoms with E-state index in [1.807, 2.05) is 30.0 Å². The first kappa shape index (κ1) is 22.6. The Morgan fingerprint density at radius 1 is 1.33 bits per heavy atom. The molecule has 2 atom stereocenters. The lowest BCUT2D eigenvalue weighted by Crippen LogP contribution is -2.33. The van der Waals surface area contributed by atoms with Crippen molar-refractivity contribution in [2.45, 2.75) is 25.4 Å². The van der Waals surface area contributed by atoms with Crippen LogP contribution in [-0.2, 0) is 0 Å². The van der Waals surface area contributed by atoms with Crippen molar-refractivity contribution in [1.82, 2.24) is 9.97 Å². The third kappa shape index (κ3) is 4.64. The Hall–Kier alpha value is -3.56. The largest absolute Gasteiger partial charge is 0.496 e. The molecule has 1 aliphatic heterocycles. The number of aliphatic hydroxyl groups excluding tert-OH is 1. The number of nitrogens with one attached hydrogen (secondary N) is 1. The third-order valence-electron chi connectivity index (χ3n) is 5.67. The minimum atomic E-state index is -0.548. The molecule has 0 aliphatic carbocycles. The van der Waals surface area contributed by atoms with Crippen molar-refractivity contribution in [3.8, 4) is 17.1 Å². The molecule has 172 valence electrons. The number of hydrogen-bond donors (Lipinski definition) is 3. The first-order valence-corrected chi connectivity index (χ1v) is 10.6. The number of ether oxygens (including phenoxy) is 1. The van der Waals surface area contributed by atoms with Crippen LogP contribution >= 0.6 is 0 Å². The van der Waals surface area contributed by atoms with E-state index in [-0.39, 0.29) is 41.5 Å². The van der Waals surface area contributed by atoms with Gasteiger partial charge in [0.2, 0.25) is 0 Å². The van der Waals surface area contributed by atoms with Crippen molar-refractivity contribution < 1.29 is 19.0 Å². The van der Waals surface area contributed by atoms with Gasteiger partial charge in [-0.1, -0.05) is 12.1 Å². The number of aliphatic hydroxyl groups is 1. The van der Waals surface area contributed by atoms with Crippen LogP contribution in [0.3, 0.4) is 0 Å². The highest BCUT2D eigenvalue weighted by Crippen LogP contribution is 2.33. The maximum atomic E-state index is 14.5. The number of carbonyl (C=O) groups excluding carboxylic acids is 1. The second-order valence-electron chi connectivity index (χ2n) is 8.04. The zero-order chi connectivity index (χ0) is 23.5. The number of nitrogens with two attached hydrogens (primary N) is 1. The van der Waals surface area contributed by atoms with Crippen LogP contribution in [-0.4, -0.2) is 53.3 Å². The van der Waals surface area contributed by atoms with Gasteiger partial charge in [0.05, 0.1) is 36.7 Å². The summed E-state index contributed by atoms with van der Waals surface area (Å²) in [5, 5.41) is 12.7. The molecule has 2 heterocycles. The molecule has 0 spiro atoms. The Labute approximate surface area is 191 Å². The highest BCUT2D eigenvalue weighted by atomic mass is 19.1. The number of anilines is 2. The van der Waals surface area contributed by atoms with E-state index in [1.54, 1.807) is 6.07 Å². The Balaban J connectivity index is 1.66. The molecule has 0 radical (unpaired) electrons. The van der Waals surface area contributed by atoms with Gasteiger partial charge in [-0.3, -0.25) is 4.79 Å². The molecule has 1 aliphatic rings. The molecule has 3 aromatic rings. The zero-order valence-electron chi connectivity index (χ0n) is 18.5. The van der Waals surface area contributed by atoms with E-state index in [0.29, 0.717) is 18.7 Å². The summed E-state index contributed by atoms with van der Waals surface area (Å²) < 4.78 is 19.7. The van der Waals surface area contributed by atoms with Gasteiger partial charge in [-0.2, -0.15) is 0 Å². The number of nitrogens with zero attached hydrogens (tertiary/aromatic N) is 3. The first-order chi connectivity index (χ1) is 15.9. The molecule has 33 heavy (non-hydrogen) atoms. The maximum Gasteiger partial charge on any atom is 0.274 e. The second-order valence-corrected chi connectivity index (χ2v) is 8.04. The Kier molecular flexibility index (Phi) is 6.52. The molecule has 1 amide bonds. The van der Waals surface area contributed by atoms with Gasteiger partial charge in [0, 0.05) is 18.8 Å². The number of aromatic nitrogens is 2. The van der Waals surface area contributed by atoms with Gasteiger partial charge >= 0.3 is 0 Å². The predicted molar refractivity (Wildman–Crippen MR) is 124 cm³/mol. The van der Waals surface area contributed by atoms with Gasteiger partial charge in [0.25, 0.3) is 5.91 Å². The summed E-state index contributed by atoms with van der Waals surface area (Å²) in [6, 6.07) is 11.4. The van der Waals surface area contributed by atoms with Crippen LogP contribution in [0, 0.1) is 12.7 Å². The summed E-state index contributed by atoms with van der Waals surface area (Å²) in [5.74, 6) is -0.694. The molecule has 8 nitrogen and oxygen atoms in total. The molecular weight excluding hydrogens is 425 g/mol. The average molecular weight is 452 g/mol. The zero-order valence-corrected chi connectivity index (χ0v) is 18.5. The fourth-order valence-corrected chi connectivity index (χ4v) is 4.10. The van der Waals surface area contributed by atoms with Crippen molar-refractivity contribution in [1.29, 1.82) is 0 Å². The van der Waals surface area contributed by atoms with Crippen LogP contribution < -0.4 is 20.7 Å². The molecular formula is C24H26FN5O3. The van der Waals surface area contributed by atoms with Crippen LogP contribution in [0.15, 0.2) is 48.7 Å². The Morgan fingerprint density at radius 3 is 2.91 bits per heavy atom. The number of methoxy groups -OCH3 is 1. The fourth-order valence-electron chi connectivity index (χ4n) is 4.10.